The molecule has 0 spiro atoms. The minimum atomic E-state index is 0.666. The fraction of sp³-hybridized carbons (Fsp3) is 0.571. The zero-order chi connectivity index (χ0) is 6.41. The maximum Gasteiger partial charge on any atom is 0.0908 e. The fourth-order valence-corrected chi connectivity index (χ4v) is 0.393. The molecule has 44 valence electrons. The first-order valence-corrected chi connectivity index (χ1v) is 2.82. The quantitative estimate of drug-likeness (QED) is 0.498. The summed E-state index contributed by atoms with van der Waals surface area (Å²) in [5.41, 5.74) is 0. The van der Waals surface area contributed by atoms with Crippen LogP contribution in [0.4, 0.5) is 0 Å². The SMILES string of the molecule is CC(C)C/C=C\C#N. The van der Waals surface area contributed by atoms with E-state index in [1.165, 1.54) is 6.08 Å². The summed E-state index contributed by atoms with van der Waals surface area (Å²) in [7, 11) is 0. The molecule has 1 heteroatoms. The van der Waals surface area contributed by atoms with Crippen molar-refractivity contribution in [1.82, 2.24) is 0 Å². The Kier molecular flexibility index (Phi) is 3.97. The number of rotatable bonds is 2. The second-order valence-electron chi connectivity index (χ2n) is 2.16. The van der Waals surface area contributed by atoms with Crippen LogP contribution in [0.25, 0.3) is 0 Å². The van der Waals surface area contributed by atoms with E-state index < -0.39 is 0 Å². The standard InChI is InChI=1S/C7H11N/c1-7(2)5-3-4-6-8/h3-4,7H,5H2,1-2H3/b4-3-. The molecule has 0 radical (unpaired) electrons. The van der Waals surface area contributed by atoms with E-state index in [0.29, 0.717) is 5.92 Å². The predicted molar refractivity (Wildman–Crippen MR) is 34.2 cm³/mol. The van der Waals surface area contributed by atoms with Crippen LogP contribution in [-0.2, 0) is 0 Å². The molecule has 0 N–H and O–H groups in total. The number of nitriles is 1. The molecule has 0 amide bonds. The summed E-state index contributed by atoms with van der Waals surface area (Å²) < 4.78 is 0. The summed E-state index contributed by atoms with van der Waals surface area (Å²) >= 11 is 0. The Hall–Kier alpha value is -0.770. The van der Waals surface area contributed by atoms with Gasteiger partial charge in [0.15, 0.2) is 0 Å². The maximum atomic E-state index is 8.04. The van der Waals surface area contributed by atoms with E-state index in [1.807, 2.05) is 12.1 Å². The predicted octanol–water partition coefficient (Wildman–Crippen LogP) is 2.11. The lowest BCUT2D eigenvalue weighted by molar-refractivity contribution is 0.664. The van der Waals surface area contributed by atoms with Gasteiger partial charge in [0.25, 0.3) is 0 Å². The molecule has 0 aromatic rings. The lowest BCUT2D eigenvalue weighted by Crippen LogP contribution is -1.80. The molecule has 0 saturated heterocycles. The van der Waals surface area contributed by atoms with E-state index in [-0.39, 0.29) is 0 Å². The molecule has 0 aromatic heterocycles. The lowest BCUT2D eigenvalue weighted by Gasteiger charge is -1.93. The molecule has 1 nitrogen and oxygen atoms in total. The zero-order valence-corrected chi connectivity index (χ0v) is 5.39. The van der Waals surface area contributed by atoms with Crippen molar-refractivity contribution >= 4 is 0 Å². The molecule has 0 aliphatic rings. The second kappa shape index (κ2) is 4.39. The van der Waals surface area contributed by atoms with Crippen molar-refractivity contribution in [2.75, 3.05) is 0 Å². The summed E-state index contributed by atoms with van der Waals surface area (Å²) in [5.74, 6) is 0.666. The van der Waals surface area contributed by atoms with Gasteiger partial charge in [0.1, 0.15) is 0 Å². The molecule has 0 rings (SSSR count). The molecule has 0 bridgehead atoms. The number of hydrogen-bond donors (Lipinski definition) is 0. The highest BCUT2D eigenvalue weighted by Gasteiger charge is 1.84. The maximum absolute atomic E-state index is 8.04. The largest absolute Gasteiger partial charge is 0.193 e. The van der Waals surface area contributed by atoms with Crippen molar-refractivity contribution in [1.29, 1.82) is 5.26 Å². The summed E-state index contributed by atoms with van der Waals surface area (Å²) in [5, 5.41) is 8.04. The first kappa shape index (κ1) is 7.23. The summed E-state index contributed by atoms with van der Waals surface area (Å²) in [4.78, 5) is 0. The van der Waals surface area contributed by atoms with E-state index in [2.05, 4.69) is 13.8 Å². The van der Waals surface area contributed by atoms with Crippen LogP contribution >= 0.6 is 0 Å². The second-order valence-corrected chi connectivity index (χ2v) is 2.16. The van der Waals surface area contributed by atoms with Crippen molar-refractivity contribution in [2.24, 2.45) is 5.92 Å². The van der Waals surface area contributed by atoms with E-state index in [9.17, 15) is 0 Å². The van der Waals surface area contributed by atoms with Crippen molar-refractivity contribution in [3.8, 4) is 6.07 Å². The average Bonchev–Trinajstić information content (AvgIpc) is 1.66. The van der Waals surface area contributed by atoms with Crippen LogP contribution in [0, 0.1) is 17.2 Å². The van der Waals surface area contributed by atoms with Gasteiger partial charge in [-0.15, -0.1) is 0 Å². The molecular weight excluding hydrogens is 98.1 g/mol. The van der Waals surface area contributed by atoms with Crippen LogP contribution in [0.3, 0.4) is 0 Å². The molecule has 8 heavy (non-hydrogen) atoms. The monoisotopic (exact) mass is 109 g/mol. The number of allylic oxidation sites excluding steroid dienone is 2. The van der Waals surface area contributed by atoms with E-state index in [4.69, 9.17) is 5.26 Å². The third kappa shape index (κ3) is 5.23. The third-order valence-electron chi connectivity index (χ3n) is 0.800. The van der Waals surface area contributed by atoms with Crippen molar-refractivity contribution in [2.45, 2.75) is 20.3 Å². The van der Waals surface area contributed by atoms with Crippen LogP contribution in [0.5, 0.6) is 0 Å². The topological polar surface area (TPSA) is 23.8 Å². The van der Waals surface area contributed by atoms with Gasteiger partial charge in [-0.25, -0.2) is 0 Å². The van der Waals surface area contributed by atoms with Crippen molar-refractivity contribution in [3.63, 3.8) is 0 Å². The van der Waals surface area contributed by atoms with Crippen LogP contribution in [0.15, 0.2) is 12.2 Å². The number of hydrogen-bond acceptors (Lipinski definition) is 1. The molecule has 0 fully saturated rings. The first-order valence-electron chi connectivity index (χ1n) is 2.82. The van der Waals surface area contributed by atoms with E-state index in [0.717, 1.165) is 6.42 Å². The van der Waals surface area contributed by atoms with Crippen molar-refractivity contribution in [3.05, 3.63) is 12.2 Å². The van der Waals surface area contributed by atoms with E-state index in [1.54, 1.807) is 0 Å². The molecule has 0 atom stereocenters. The van der Waals surface area contributed by atoms with Gasteiger partial charge in [0, 0.05) is 6.08 Å². The normalized spacial score (nSPS) is 10.2. The van der Waals surface area contributed by atoms with Crippen LogP contribution in [0.2, 0.25) is 0 Å². The van der Waals surface area contributed by atoms with Gasteiger partial charge in [-0.05, 0) is 12.3 Å². The fourth-order valence-electron chi connectivity index (χ4n) is 0.393. The average molecular weight is 109 g/mol. The highest BCUT2D eigenvalue weighted by atomic mass is 14.2. The van der Waals surface area contributed by atoms with Gasteiger partial charge in [0.2, 0.25) is 0 Å². The third-order valence-corrected chi connectivity index (χ3v) is 0.800. The molecular formula is C7H11N. The van der Waals surface area contributed by atoms with E-state index >= 15 is 0 Å². The molecule has 0 aliphatic carbocycles. The summed E-state index contributed by atoms with van der Waals surface area (Å²) in [6.07, 6.45) is 4.43. The Balaban J connectivity index is 3.19. The molecule has 0 saturated carbocycles. The van der Waals surface area contributed by atoms with Crippen LogP contribution in [0.1, 0.15) is 20.3 Å². The molecule has 0 unspecified atom stereocenters. The molecule has 0 aromatic carbocycles. The van der Waals surface area contributed by atoms with Crippen LogP contribution < -0.4 is 0 Å². The lowest BCUT2D eigenvalue weighted by atomic mass is 10.1. The van der Waals surface area contributed by atoms with Gasteiger partial charge < -0.3 is 0 Å². The summed E-state index contributed by atoms with van der Waals surface area (Å²) in [6, 6.07) is 1.94. The number of nitrogens with zero attached hydrogens (tertiary/aromatic N) is 1. The Labute approximate surface area is 50.6 Å². The molecule has 0 heterocycles. The van der Waals surface area contributed by atoms with Gasteiger partial charge in [-0.1, -0.05) is 19.9 Å². The minimum absolute atomic E-state index is 0.666. The molecule has 0 aliphatic heterocycles. The summed E-state index contributed by atoms with van der Waals surface area (Å²) in [6.45, 7) is 4.25. The Morgan fingerprint density at radius 3 is 2.62 bits per heavy atom. The van der Waals surface area contributed by atoms with Crippen LogP contribution in [-0.4, -0.2) is 0 Å². The van der Waals surface area contributed by atoms with Gasteiger partial charge in [-0.2, -0.15) is 5.26 Å². The Bertz CT molecular complexity index is 106. The first-order chi connectivity index (χ1) is 3.77. The zero-order valence-electron chi connectivity index (χ0n) is 5.39. The Morgan fingerprint density at radius 1 is 1.62 bits per heavy atom. The minimum Gasteiger partial charge on any atom is -0.193 e. The highest BCUT2D eigenvalue weighted by molar-refractivity contribution is 5.01. The Morgan fingerprint density at radius 2 is 2.25 bits per heavy atom. The smallest absolute Gasteiger partial charge is 0.0908 e. The van der Waals surface area contributed by atoms with Crippen molar-refractivity contribution < 1.29 is 0 Å². The van der Waals surface area contributed by atoms with Gasteiger partial charge >= 0.3 is 0 Å². The highest BCUT2D eigenvalue weighted by Crippen LogP contribution is 1.98. The van der Waals surface area contributed by atoms with Gasteiger partial charge in [-0.3, -0.25) is 0 Å². The van der Waals surface area contributed by atoms with Gasteiger partial charge in [0.05, 0.1) is 6.07 Å².